The highest BCUT2D eigenvalue weighted by molar-refractivity contribution is 5.69. The van der Waals surface area contributed by atoms with Gasteiger partial charge in [-0.1, -0.05) is 58.8 Å². The largest absolute Gasteiger partial charge is 0.457 e. The second-order valence-electron chi connectivity index (χ2n) is 11.3. The van der Waals surface area contributed by atoms with Crippen LogP contribution in [0.3, 0.4) is 0 Å². The minimum atomic E-state index is -1.69. The number of hydrogen-bond acceptors (Lipinski definition) is 14. The predicted molar refractivity (Wildman–Crippen MR) is 151 cm³/mol. The molecule has 254 valence electrons. The molecule has 2 aliphatic heterocycles. The first-order valence-electron chi connectivity index (χ1n) is 15.6. The van der Waals surface area contributed by atoms with Gasteiger partial charge in [0.25, 0.3) is 0 Å². The van der Waals surface area contributed by atoms with Crippen molar-refractivity contribution in [2.24, 2.45) is 0 Å². The average molecular weight is 627 g/mol. The van der Waals surface area contributed by atoms with Crippen molar-refractivity contribution in [1.82, 2.24) is 0 Å². The van der Waals surface area contributed by atoms with Gasteiger partial charge >= 0.3 is 5.97 Å². The van der Waals surface area contributed by atoms with Crippen LogP contribution in [0, 0.1) is 0 Å². The first-order chi connectivity index (χ1) is 20.6. The quantitative estimate of drug-likeness (QED) is 0.0632. The van der Waals surface area contributed by atoms with E-state index in [-0.39, 0.29) is 19.6 Å². The van der Waals surface area contributed by atoms with Gasteiger partial charge in [-0.15, -0.1) is 0 Å². The fourth-order valence-corrected chi connectivity index (χ4v) is 4.91. The Kier molecular flexibility index (Phi) is 18.6. The molecule has 2 saturated heterocycles. The van der Waals surface area contributed by atoms with E-state index in [9.17, 15) is 40.5 Å². The molecule has 14 nitrogen and oxygen atoms in total. The van der Waals surface area contributed by atoms with Gasteiger partial charge in [0, 0.05) is 13.0 Å². The molecule has 0 radical (unpaired) electrons. The van der Waals surface area contributed by atoms with E-state index in [1.54, 1.807) is 0 Å². The van der Waals surface area contributed by atoms with E-state index in [0.717, 1.165) is 19.3 Å². The zero-order valence-corrected chi connectivity index (χ0v) is 25.4. The van der Waals surface area contributed by atoms with E-state index in [2.05, 4.69) is 6.92 Å². The normalized spacial score (nSPS) is 33.8. The lowest BCUT2D eigenvalue weighted by atomic mass is 9.98. The number of carbonyl (C=O) groups excluding carboxylic acids is 1. The van der Waals surface area contributed by atoms with E-state index in [1.807, 2.05) is 6.92 Å². The fourth-order valence-electron chi connectivity index (χ4n) is 4.91. The Balaban J connectivity index is 1.86. The molecule has 0 aromatic heterocycles. The first kappa shape index (κ1) is 38.2. The Morgan fingerprint density at radius 2 is 1.23 bits per heavy atom. The highest BCUT2D eigenvalue weighted by Crippen LogP contribution is 2.26. The summed E-state index contributed by atoms with van der Waals surface area (Å²) in [5.41, 5.74) is 0. The summed E-state index contributed by atoms with van der Waals surface area (Å²) in [7, 11) is 0. The van der Waals surface area contributed by atoms with Crippen molar-refractivity contribution in [1.29, 1.82) is 0 Å². The molecule has 14 heteroatoms. The van der Waals surface area contributed by atoms with Gasteiger partial charge in [0.1, 0.15) is 54.9 Å². The van der Waals surface area contributed by atoms with Crippen molar-refractivity contribution in [3.63, 3.8) is 0 Å². The number of esters is 1. The zero-order chi connectivity index (χ0) is 31.8. The number of hydrogen-bond donors (Lipinski definition) is 7. The van der Waals surface area contributed by atoms with E-state index in [0.29, 0.717) is 13.0 Å². The third-order valence-electron chi connectivity index (χ3n) is 7.59. The van der Waals surface area contributed by atoms with Gasteiger partial charge in [0.2, 0.25) is 0 Å². The van der Waals surface area contributed by atoms with Crippen LogP contribution in [0.15, 0.2) is 0 Å². The van der Waals surface area contributed by atoms with Crippen molar-refractivity contribution in [3.8, 4) is 0 Å². The van der Waals surface area contributed by atoms with E-state index in [4.69, 9.17) is 28.4 Å². The van der Waals surface area contributed by atoms with E-state index in [1.165, 1.54) is 32.1 Å². The Morgan fingerprint density at radius 1 is 0.674 bits per heavy atom. The van der Waals surface area contributed by atoms with Crippen molar-refractivity contribution >= 4 is 5.97 Å². The number of aliphatic hydroxyl groups is 7. The summed E-state index contributed by atoms with van der Waals surface area (Å²) in [6, 6.07) is 0. The second kappa shape index (κ2) is 20.9. The summed E-state index contributed by atoms with van der Waals surface area (Å²) in [6.45, 7) is 3.22. The molecule has 7 N–H and O–H groups in total. The van der Waals surface area contributed by atoms with Gasteiger partial charge in [-0.25, -0.2) is 0 Å². The molecule has 2 fully saturated rings. The zero-order valence-electron chi connectivity index (χ0n) is 25.4. The first-order valence-corrected chi connectivity index (χ1v) is 15.6. The van der Waals surface area contributed by atoms with Gasteiger partial charge in [0.05, 0.1) is 26.4 Å². The molecule has 2 rings (SSSR count). The maximum Gasteiger partial charge on any atom is 0.306 e. The highest BCUT2D eigenvalue weighted by atomic mass is 16.7. The van der Waals surface area contributed by atoms with E-state index >= 15 is 0 Å². The molecule has 0 spiro atoms. The lowest BCUT2D eigenvalue weighted by molar-refractivity contribution is -0.332. The summed E-state index contributed by atoms with van der Waals surface area (Å²) in [5.74, 6) is -0.432. The van der Waals surface area contributed by atoms with Crippen LogP contribution in [0.4, 0.5) is 0 Å². The molecule has 0 saturated carbocycles. The second-order valence-corrected chi connectivity index (χ2v) is 11.3. The molecule has 0 aromatic carbocycles. The average Bonchev–Trinajstić information content (AvgIpc) is 2.99. The minimum Gasteiger partial charge on any atom is -0.457 e. The summed E-state index contributed by atoms with van der Waals surface area (Å²) < 4.78 is 33.2. The summed E-state index contributed by atoms with van der Waals surface area (Å²) in [5, 5.41) is 70.7. The summed E-state index contributed by atoms with van der Waals surface area (Å²) >= 11 is 0. The van der Waals surface area contributed by atoms with Crippen LogP contribution in [0.5, 0.6) is 0 Å². The SMILES string of the molecule is CCCCCCCCCCOCC(COC1OC(COC2OC(CO)C(O)C(O)C2O)C(O)C(O)C1O)OC(=O)CCC. The predicted octanol–water partition coefficient (Wildman–Crippen LogP) is -0.504. The lowest BCUT2D eigenvalue weighted by Crippen LogP contribution is -2.61. The molecule has 43 heavy (non-hydrogen) atoms. The lowest BCUT2D eigenvalue weighted by Gasteiger charge is -2.42. The van der Waals surface area contributed by atoms with Gasteiger partial charge in [-0.05, 0) is 12.8 Å². The van der Waals surface area contributed by atoms with Crippen LogP contribution in [0.2, 0.25) is 0 Å². The smallest absolute Gasteiger partial charge is 0.306 e. The summed E-state index contributed by atoms with van der Waals surface area (Å²) in [4.78, 5) is 12.2. The molecular weight excluding hydrogens is 572 g/mol. The monoisotopic (exact) mass is 626 g/mol. The molecular formula is C29H54O14. The Bertz CT molecular complexity index is 742. The maximum absolute atomic E-state index is 12.2. The standard InChI is InChI=1S/C29H54O14/c1-3-5-6-7-8-9-10-11-13-38-15-18(41-21(31)12-4-2)16-39-28-27(37)25(35)23(33)20(43-28)17-40-29-26(36)24(34)22(32)19(14-30)42-29/h18-20,22-30,32-37H,3-17H2,1-2H3. The van der Waals surface area contributed by atoms with Crippen LogP contribution < -0.4 is 0 Å². The van der Waals surface area contributed by atoms with Gasteiger partial charge in [-0.3, -0.25) is 4.79 Å². The van der Waals surface area contributed by atoms with Crippen LogP contribution in [-0.2, 0) is 33.2 Å². The van der Waals surface area contributed by atoms with Crippen LogP contribution in [0.1, 0.15) is 78.1 Å². The van der Waals surface area contributed by atoms with Crippen LogP contribution in [0.25, 0.3) is 0 Å². The number of ether oxygens (including phenoxy) is 6. The number of rotatable bonds is 21. The highest BCUT2D eigenvalue weighted by Gasteiger charge is 2.47. The Labute approximate surface area is 253 Å². The summed E-state index contributed by atoms with van der Waals surface area (Å²) in [6.07, 6.45) is -6.05. The minimum absolute atomic E-state index is 0.0591. The molecule has 0 aliphatic carbocycles. The molecule has 0 aromatic rings. The van der Waals surface area contributed by atoms with E-state index < -0.39 is 86.7 Å². The third-order valence-corrected chi connectivity index (χ3v) is 7.59. The van der Waals surface area contributed by atoms with Crippen LogP contribution >= 0.6 is 0 Å². The molecule has 0 bridgehead atoms. The van der Waals surface area contributed by atoms with Crippen molar-refractivity contribution < 1.29 is 69.0 Å². The molecule has 11 unspecified atom stereocenters. The molecule has 2 aliphatic rings. The van der Waals surface area contributed by atoms with Crippen molar-refractivity contribution in [3.05, 3.63) is 0 Å². The number of unbranched alkanes of at least 4 members (excludes halogenated alkanes) is 7. The van der Waals surface area contributed by atoms with Gasteiger partial charge in [0.15, 0.2) is 12.6 Å². The maximum atomic E-state index is 12.2. The van der Waals surface area contributed by atoms with Gasteiger partial charge in [-0.2, -0.15) is 0 Å². The Hall–Kier alpha value is -1.01. The van der Waals surface area contributed by atoms with Crippen molar-refractivity contribution in [2.75, 3.05) is 33.0 Å². The van der Waals surface area contributed by atoms with Crippen molar-refractivity contribution in [2.45, 2.75) is 146 Å². The number of carbonyl (C=O) groups is 1. The number of aliphatic hydroxyl groups excluding tert-OH is 7. The third kappa shape index (κ3) is 12.7. The van der Waals surface area contributed by atoms with Gasteiger partial charge < -0.3 is 64.2 Å². The topological polar surface area (TPSA) is 214 Å². The molecule has 2 heterocycles. The Morgan fingerprint density at radius 3 is 1.84 bits per heavy atom. The molecule has 11 atom stereocenters. The van der Waals surface area contributed by atoms with Crippen LogP contribution in [-0.4, -0.2) is 142 Å². The fraction of sp³-hybridized carbons (Fsp3) is 0.966. The molecule has 0 amide bonds.